The van der Waals surface area contributed by atoms with Gasteiger partial charge in [0, 0.05) is 25.3 Å². The summed E-state index contributed by atoms with van der Waals surface area (Å²) in [5, 5.41) is 15.1. The van der Waals surface area contributed by atoms with Gasteiger partial charge >= 0.3 is 5.97 Å². The molecule has 3 N–H and O–H groups in total. The lowest BCUT2D eigenvalue weighted by Crippen LogP contribution is -2.28. The maximum Gasteiger partial charge on any atom is 0.305 e. The van der Waals surface area contributed by atoms with Crippen molar-refractivity contribution in [3.05, 3.63) is 23.9 Å². The van der Waals surface area contributed by atoms with Crippen LogP contribution in [-0.4, -0.2) is 28.6 Å². The van der Waals surface area contributed by atoms with E-state index in [0.29, 0.717) is 12.6 Å². The Morgan fingerprint density at radius 2 is 2.00 bits per heavy atom. The summed E-state index contributed by atoms with van der Waals surface area (Å²) in [6, 6.07) is 4.50. The van der Waals surface area contributed by atoms with Crippen LogP contribution in [0.5, 0.6) is 0 Å². The number of pyridine rings is 1. The molecule has 1 heterocycles. The van der Waals surface area contributed by atoms with Gasteiger partial charge in [0.25, 0.3) is 0 Å². The van der Waals surface area contributed by atoms with Gasteiger partial charge in [-0.1, -0.05) is 32.8 Å². The minimum Gasteiger partial charge on any atom is -0.481 e. The van der Waals surface area contributed by atoms with Crippen molar-refractivity contribution in [3.8, 4) is 0 Å². The summed E-state index contributed by atoms with van der Waals surface area (Å²) in [4.78, 5) is 14.7. The molecular weight excluding hydrogens is 266 g/mol. The number of carbonyl (C=O) groups is 1. The van der Waals surface area contributed by atoms with Gasteiger partial charge in [-0.15, -0.1) is 0 Å². The van der Waals surface area contributed by atoms with Crippen molar-refractivity contribution in [3.63, 3.8) is 0 Å². The molecule has 0 aliphatic carbocycles. The zero-order chi connectivity index (χ0) is 15.5. The van der Waals surface area contributed by atoms with E-state index in [-0.39, 0.29) is 6.42 Å². The van der Waals surface area contributed by atoms with E-state index in [2.05, 4.69) is 29.5 Å². The normalized spacial score (nSPS) is 10.8. The van der Waals surface area contributed by atoms with Crippen molar-refractivity contribution < 1.29 is 9.90 Å². The molecule has 0 saturated carbocycles. The maximum absolute atomic E-state index is 10.4. The predicted octanol–water partition coefficient (Wildman–Crippen LogP) is 3.03. The van der Waals surface area contributed by atoms with Crippen LogP contribution < -0.4 is 10.6 Å². The first-order chi connectivity index (χ1) is 10.2. The van der Waals surface area contributed by atoms with E-state index >= 15 is 0 Å². The average molecular weight is 293 g/mol. The van der Waals surface area contributed by atoms with Gasteiger partial charge in [-0.05, 0) is 24.5 Å². The van der Waals surface area contributed by atoms with Crippen molar-refractivity contribution in [1.82, 2.24) is 10.3 Å². The van der Waals surface area contributed by atoms with E-state index in [1.807, 2.05) is 18.3 Å². The summed E-state index contributed by atoms with van der Waals surface area (Å²) >= 11 is 0. The number of carboxylic acids is 1. The lowest BCUT2D eigenvalue weighted by Gasteiger charge is -2.17. The lowest BCUT2D eigenvalue weighted by atomic mass is 10.1. The van der Waals surface area contributed by atoms with Gasteiger partial charge in [-0.3, -0.25) is 4.79 Å². The molecule has 0 aromatic carbocycles. The quantitative estimate of drug-likeness (QED) is 0.585. The third kappa shape index (κ3) is 7.66. The Hall–Kier alpha value is -1.62. The fourth-order valence-corrected chi connectivity index (χ4v) is 2.24. The summed E-state index contributed by atoms with van der Waals surface area (Å²) in [7, 11) is 0. The van der Waals surface area contributed by atoms with Gasteiger partial charge in [0.15, 0.2) is 0 Å². The van der Waals surface area contributed by atoms with Crippen LogP contribution in [-0.2, 0) is 11.3 Å². The summed E-state index contributed by atoms with van der Waals surface area (Å²) in [6.07, 6.45) is 6.74. The Labute approximate surface area is 127 Å². The Morgan fingerprint density at radius 1 is 1.29 bits per heavy atom. The number of nitrogens with one attached hydrogen (secondary N) is 2. The standard InChI is InChI=1S/C16H27N3O2/c1-3-5-14(6-4-2)18-11-13-7-8-15(19-12-13)17-10-9-16(20)21/h7-8,12,14,18H,3-6,9-11H2,1-2H3,(H,17,19)(H,20,21). The first-order valence-corrected chi connectivity index (χ1v) is 7.79. The van der Waals surface area contributed by atoms with E-state index in [0.717, 1.165) is 17.9 Å². The molecule has 118 valence electrons. The largest absolute Gasteiger partial charge is 0.481 e. The maximum atomic E-state index is 10.4. The van der Waals surface area contributed by atoms with Gasteiger partial charge < -0.3 is 15.7 Å². The van der Waals surface area contributed by atoms with E-state index in [4.69, 9.17) is 5.11 Å². The summed E-state index contributed by atoms with van der Waals surface area (Å²) in [5.41, 5.74) is 1.15. The Kier molecular flexibility index (Phi) is 8.43. The number of aliphatic carboxylic acids is 1. The molecule has 0 aliphatic rings. The average Bonchev–Trinajstić information content (AvgIpc) is 2.46. The van der Waals surface area contributed by atoms with E-state index in [1.165, 1.54) is 25.7 Å². The molecule has 1 aromatic rings. The third-order valence-electron chi connectivity index (χ3n) is 3.34. The molecule has 5 nitrogen and oxygen atoms in total. The SMILES string of the molecule is CCCC(CCC)NCc1ccc(NCCC(=O)O)nc1. The zero-order valence-corrected chi connectivity index (χ0v) is 13.1. The highest BCUT2D eigenvalue weighted by Gasteiger charge is 2.06. The topological polar surface area (TPSA) is 74.2 Å². The fourth-order valence-electron chi connectivity index (χ4n) is 2.24. The number of rotatable bonds is 11. The highest BCUT2D eigenvalue weighted by molar-refractivity contribution is 5.67. The van der Waals surface area contributed by atoms with Crippen LogP contribution in [0.2, 0.25) is 0 Å². The minimum absolute atomic E-state index is 0.0979. The second kappa shape index (κ2) is 10.2. The fraction of sp³-hybridized carbons (Fsp3) is 0.625. The van der Waals surface area contributed by atoms with Gasteiger partial charge in [0.1, 0.15) is 5.82 Å². The first-order valence-electron chi connectivity index (χ1n) is 7.79. The highest BCUT2D eigenvalue weighted by Crippen LogP contribution is 2.08. The number of aromatic nitrogens is 1. The predicted molar refractivity (Wildman–Crippen MR) is 85.4 cm³/mol. The van der Waals surface area contributed by atoms with Gasteiger partial charge in [-0.25, -0.2) is 4.98 Å². The van der Waals surface area contributed by atoms with E-state index < -0.39 is 5.97 Å². The smallest absolute Gasteiger partial charge is 0.305 e. The zero-order valence-electron chi connectivity index (χ0n) is 13.1. The first kappa shape index (κ1) is 17.4. The number of hydrogen-bond acceptors (Lipinski definition) is 4. The third-order valence-corrected chi connectivity index (χ3v) is 3.34. The van der Waals surface area contributed by atoms with Crippen molar-refractivity contribution in [2.24, 2.45) is 0 Å². The van der Waals surface area contributed by atoms with Crippen LogP contribution in [0.1, 0.15) is 51.5 Å². The molecule has 0 fully saturated rings. The minimum atomic E-state index is -0.804. The Morgan fingerprint density at radius 3 is 2.52 bits per heavy atom. The highest BCUT2D eigenvalue weighted by atomic mass is 16.4. The number of nitrogens with zero attached hydrogens (tertiary/aromatic N) is 1. The second-order valence-corrected chi connectivity index (χ2v) is 5.28. The number of anilines is 1. The monoisotopic (exact) mass is 293 g/mol. The van der Waals surface area contributed by atoms with E-state index in [9.17, 15) is 4.79 Å². The van der Waals surface area contributed by atoms with Crippen LogP contribution in [0, 0.1) is 0 Å². The molecule has 0 radical (unpaired) electrons. The van der Waals surface area contributed by atoms with Crippen LogP contribution in [0.3, 0.4) is 0 Å². The molecule has 21 heavy (non-hydrogen) atoms. The molecule has 1 rings (SSSR count). The Balaban J connectivity index is 2.37. The van der Waals surface area contributed by atoms with Gasteiger partial charge in [0.2, 0.25) is 0 Å². The molecular formula is C16H27N3O2. The van der Waals surface area contributed by atoms with Crippen LogP contribution in [0.25, 0.3) is 0 Å². The summed E-state index contributed by atoms with van der Waals surface area (Å²) in [5.74, 6) is -0.0834. The molecule has 0 saturated heterocycles. The lowest BCUT2D eigenvalue weighted by molar-refractivity contribution is -0.136. The molecule has 1 aromatic heterocycles. The van der Waals surface area contributed by atoms with Crippen molar-refractivity contribution >= 4 is 11.8 Å². The Bertz CT molecular complexity index is 400. The van der Waals surface area contributed by atoms with Gasteiger partial charge in [-0.2, -0.15) is 0 Å². The van der Waals surface area contributed by atoms with E-state index in [1.54, 1.807) is 0 Å². The summed E-state index contributed by atoms with van der Waals surface area (Å²) in [6.45, 7) is 5.65. The molecule has 0 atom stereocenters. The second-order valence-electron chi connectivity index (χ2n) is 5.28. The van der Waals surface area contributed by atoms with Crippen LogP contribution in [0.15, 0.2) is 18.3 Å². The number of carboxylic acid groups (broad SMARTS) is 1. The molecule has 0 spiro atoms. The molecule has 5 heteroatoms. The van der Waals surface area contributed by atoms with Crippen molar-refractivity contribution in [2.45, 2.75) is 58.5 Å². The molecule has 0 aliphatic heterocycles. The summed E-state index contributed by atoms with van der Waals surface area (Å²) < 4.78 is 0. The van der Waals surface area contributed by atoms with Crippen molar-refractivity contribution in [2.75, 3.05) is 11.9 Å². The van der Waals surface area contributed by atoms with Crippen LogP contribution >= 0.6 is 0 Å². The van der Waals surface area contributed by atoms with Crippen molar-refractivity contribution in [1.29, 1.82) is 0 Å². The molecule has 0 unspecified atom stereocenters. The molecule has 0 bridgehead atoms. The van der Waals surface area contributed by atoms with Gasteiger partial charge in [0.05, 0.1) is 6.42 Å². The van der Waals surface area contributed by atoms with Crippen LogP contribution in [0.4, 0.5) is 5.82 Å². The number of hydrogen-bond donors (Lipinski definition) is 3. The molecule has 0 amide bonds.